The Morgan fingerprint density at radius 1 is 0.571 bits per heavy atom. The summed E-state index contributed by atoms with van der Waals surface area (Å²) in [5.74, 6) is -0.597. The molecule has 1 aromatic heterocycles. The fraction of sp³-hybridized carbons (Fsp3) is 0. The Labute approximate surface area is 121 Å². The van der Waals surface area contributed by atoms with Crippen LogP contribution in [0.4, 0.5) is 25.8 Å². The summed E-state index contributed by atoms with van der Waals surface area (Å²) < 4.78 is 26.3. The van der Waals surface area contributed by atoms with Gasteiger partial charge in [-0.1, -0.05) is 0 Å². The van der Waals surface area contributed by atoms with Gasteiger partial charge in [-0.15, -0.1) is 0 Å². The topological polar surface area (TPSA) is 16.1 Å². The molecule has 21 heavy (non-hydrogen) atoms. The Bertz CT molecular complexity index is 665. The lowest BCUT2D eigenvalue weighted by atomic mass is 10.2. The number of hydrogen-bond donors (Lipinski definition) is 0. The minimum Gasteiger partial charge on any atom is -0.310 e. The molecule has 0 bridgehead atoms. The molecule has 2 aromatic carbocycles. The Morgan fingerprint density at radius 2 is 0.952 bits per heavy atom. The van der Waals surface area contributed by atoms with Crippen molar-refractivity contribution in [3.63, 3.8) is 0 Å². The van der Waals surface area contributed by atoms with Crippen LogP contribution < -0.4 is 4.90 Å². The molecule has 3 aromatic rings. The zero-order valence-corrected chi connectivity index (χ0v) is 11.1. The first kappa shape index (κ1) is 13.2. The summed E-state index contributed by atoms with van der Waals surface area (Å²) in [5.41, 5.74) is 2.44. The first-order valence-corrected chi connectivity index (χ1v) is 6.45. The van der Waals surface area contributed by atoms with Crippen molar-refractivity contribution >= 4 is 17.1 Å². The largest absolute Gasteiger partial charge is 0.310 e. The van der Waals surface area contributed by atoms with Gasteiger partial charge in [0.15, 0.2) is 0 Å². The molecule has 4 heteroatoms. The van der Waals surface area contributed by atoms with E-state index >= 15 is 0 Å². The van der Waals surface area contributed by atoms with E-state index in [1.165, 1.54) is 24.3 Å². The van der Waals surface area contributed by atoms with Gasteiger partial charge in [0.25, 0.3) is 0 Å². The lowest BCUT2D eigenvalue weighted by Crippen LogP contribution is -2.09. The summed E-state index contributed by atoms with van der Waals surface area (Å²) >= 11 is 0. The van der Waals surface area contributed by atoms with E-state index in [2.05, 4.69) is 4.98 Å². The number of aromatic nitrogens is 1. The van der Waals surface area contributed by atoms with Crippen LogP contribution >= 0.6 is 0 Å². The maximum atomic E-state index is 13.1. The van der Waals surface area contributed by atoms with Crippen LogP contribution in [0.2, 0.25) is 0 Å². The van der Waals surface area contributed by atoms with Gasteiger partial charge in [0, 0.05) is 29.5 Å². The first-order valence-electron chi connectivity index (χ1n) is 6.45. The van der Waals surface area contributed by atoms with Gasteiger partial charge in [0.1, 0.15) is 11.6 Å². The third-order valence-corrected chi connectivity index (χ3v) is 3.09. The summed E-state index contributed by atoms with van der Waals surface area (Å²) in [6.45, 7) is 0. The molecule has 0 atom stereocenters. The number of halogens is 2. The van der Waals surface area contributed by atoms with Crippen LogP contribution in [0.3, 0.4) is 0 Å². The highest BCUT2D eigenvalue weighted by atomic mass is 19.1. The van der Waals surface area contributed by atoms with Gasteiger partial charge >= 0.3 is 0 Å². The second-order valence-corrected chi connectivity index (χ2v) is 4.49. The van der Waals surface area contributed by atoms with Crippen molar-refractivity contribution in [3.8, 4) is 0 Å². The predicted molar refractivity (Wildman–Crippen MR) is 78.8 cm³/mol. The molecule has 0 amide bonds. The van der Waals surface area contributed by atoms with Crippen molar-refractivity contribution in [1.29, 1.82) is 0 Å². The van der Waals surface area contributed by atoms with Crippen LogP contribution in [0.25, 0.3) is 0 Å². The summed E-state index contributed by atoms with van der Waals surface area (Å²) in [6, 6.07) is 16.0. The molecular weight excluding hydrogens is 270 g/mol. The van der Waals surface area contributed by atoms with E-state index in [1.807, 2.05) is 17.0 Å². The van der Waals surface area contributed by atoms with Crippen molar-refractivity contribution in [2.45, 2.75) is 0 Å². The van der Waals surface area contributed by atoms with Gasteiger partial charge in [-0.3, -0.25) is 4.98 Å². The molecule has 0 fully saturated rings. The summed E-state index contributed by atoms with van der Waals surface area (Å²) in [4.78, 5) is 5.90. The average Bonchev–Trinajstić information content (AvgIpc) is 2.52. The van der Waals surface area contributed by atoms with Crippen LogP contribution in [0, 0.1) is 11.6 Å². The van der Waals surface area contributed by atoms with E-state index < -0.39 is 0 Å². The standard InChI is InChI=1S/C17H12F2N2/c18-13-1-5-15(6-2-13)21(17-9-11-20-12-10-17)16-7-3-14(19)4-8-16/h1-12H. The maximum Gasteiger partial charge on any atom is 0.123 e. The van der Waals surface area contributed by atoms with Gasteiger partial charge in [0.2, 0.25) is 0 Å². The zero-order valence-electron chi connectivity index (χ0n) is 11.1. The molecule has 0 aliphatic carbocycles. The second kappa shape index (κ2) is 5.71. The van der Waals surface area contributed by atoms with Gasteiger partial charge in [0.05, 0.1) is 0 Å². The Hall–Kier alpha value is -2.75. The first-order chi connectivity index (χ1) is 10.2. The third kappa shape index (κ3) is 2.89. The van der Waals surface area contributed by atoms with Crippen LogP contribution in [-0.4, -0.2) is 4.98 Å². The molecule has 1 heterocycles. The van der Waals surface area contributed by atoms with E-state index in [1.54, 1.807) is 36.7 Å². The predicted octanol–water partition coefficient (Wildman–Crippen LogP) is 4.83. The van der Waals surface area contributed by atoms with Gasteiger partial charge < -0.3 is 4.90 Å². The fourth-order valence-corrected chi connectivity index (χ4v) is 2.12. The number of benzene rings is 2. The smallest absolute Gasteiger partial charge is 0.123 e. The molecule has 0 radical (unpaired) electrons. The lowest BCUT2D eigenvalue weighted by molar-refractivity contribution is 0.628. The minimum absolute atomic E-state index is 0.299. The van der Waals surface area contributed by atoms with Crippen molar-refractivity contribution < 1.29 is 8.78 Å². The molecule has 0 unspecified atom stereocenters. The van der Waals surface area contributed by atoms with E-state index in [9.17, 15) is 8.78 Å². The van der Waals surface area contributed by atoms with Crippen LogP contribution in [0.5, 0.6) is 0 Å². The quantitative estimate of drug-likeness (QED) is 0.684. The molecule has 0 aliphatic heterocycles. The zero-order chi connectivity index (χ0) is 14.7. The molecule has 0 saturated carbocycles. The van der Waals surface area contributed by atoms with Gasteiger partial charge in [-0.2, -0.15) is 0 Å². The van der Waals surface area contributed by atoms with Crippen molar-refractivity contribution in [2.24, 2.45) is 0 Å². The maximum absolute atomic E-state index is 13.1. The Morgan fingerprint density at radius 3 is 1.38 bits per heavy atom. The molecule has 0 saturated heterocycles. The molecular formula is C17H12F2N2. The Kier molecular flexibility index (Phi) is 3.60. The molecule has 0 aliphatic rings. The molecule has 104 valence electrons. The number of anilines is 3. The van der Waals surface area contributed by atoms with Crippen LogP contribution in [0.15, 0.2) is 73.1 Å². The van der Waals surface area contributed by atoms with Crippen molar-refractivity contribution in [2.75, 3.05) is 4.90 Å². The molecule has 3 rings (SSSR count). The monoisotopic (exact) mass is 282 g/mol. The van der Waals surface area contributed by atoms with E-state index in [-0.39, 0.29) is 11.6 Å². The summed E-state index contributed by atoms with van der Waals surface area (Å²) in [7, 11) is 0. The normalized spacial score (nSPS) is 10.4. The van der Waals surface area contributed by atoms with Gasteiger partial charge in [-0.05, 0) is 60.7 Å². The molecule has 2 nitrogen and oxygen atoms in total. The number of rotatable bonds is 3. The summed E-state index contributed by atoms with van der Waals surface area (Å²) in [5, 5.41) is 0. The van der Waals surface area contributed by atoms with E-state index in [0.29, 0.717) is 0 Å². The Balaban J connectivity index is 2.11. The minimum atomic E-state index is -0.299. The highest BCUT2D eigenvalue weighted by Crippen LogP contribution is 2.33. The fourth-order valence-electron chi connectivity index (χ4n) is 2.12. The highest BCUT2D eigenvalue weighted by Gasteiger charge is 2.12. The highest BCUT2D eigenvalue weighted by molar-refractivity contribution is 5.75. The van der Waals surface area contributed by atoms with E-state index in [4.69, 9.17) is 0 Å². The SMILES string of the molecule is Fc1ccc(N(c2ccncc2)c2ccc(F)cc2)cc1. The summed E-state index contributed by atoms with van der Waals surface area (Å²) in [6.07, 6.45) is 3.35. The number of nitrogens with zero attached hydrogens (tertiary/aromatic N) is 2. The molecule has 0 N–H and O–H groups in total. The number of pyridine rings is 1. The lowest BCUT2D eigenvalue weighted by Gasteiger charge is -2.25. The second-order valence-electron chi connectivity index (χ2n) is 4.49. The van der Waals surface area contributed by atoms with Gasteiger partial charge in [-0.25, -0.2) is 8.78 Å². The van der Waals surface area contributed by atoms with Crippen molar-refractivity contribution in [1.82, 2.24) is 4.98 Å². The number of hydrogen-bond acceptors (Lipinski definition) is 2. The van der Waals surface area contributed by atoms with Crippen molar-refractivity contribution in [3.05, 3.63) is 84.7 Å². The van der Waals surface area contributed by atoms with E-state index in [0.717, 1.165) is 17.1 Å². The molecule has 0 spiro atoms. The van der Waals surface area contributed by atoms with Crippen LogP contribution in [-0.2, 0) is 0 Å². The van der Waals surface area contributed by atoms with Crippen LogP contribution in [0.1, 0.15) is 0 Å². The third-order valence-electron chi connectivity index (χ3n) is 3.09. The average molecular weight is 282 g/mol.